The van der Waals surface area contributed by atoms with Crippen molar-refractivity contribution in [2.24, 2.45) is 17.6 Å². The fourth-order valence-corrected chi connectivity index (χ4v) is 3.55. The van der Waals surface area contributed by atoms with Crippen molar-refractivity contribution >= 4 is 36.3 Å². The minimum absolute atomic E-state index is 0.0278. The lowest BCUT2D eigenvalue weighted by atomic mass is 9.98. The van der Waals surface area contributed by atoms with Gasteiger partial charge in [0.2, 0.25) is 17.7 Å². The fourth-order valence-electron chi connectivity index (χ4n) is 3.29. The van der Waals surface area contributed by atoms with Gasteiger partial charge >= 0.3 is 5.97 Å². The largest absolute Gasteiger partial charge is 0.508 e. The van der Waals surface area contributed by atoms with Crippen molar-refractivity contribution in [3.8, 4) is 5.75 Å². The first-order valence-corrected chi connectivity index (χ1v) is 12.3. The lowest BCUT2D eigenvalue weighted by molar-refractivity contribution is -0.142. The SMILES string of the molecule is CCC(C)C(N)C(=O)NC(Cc1ccc(O)cc1)C(=O)NC(CS)C(=O)NC(CC(C)C)C(=O)O. The number of carboxylic acid groups (broad SMARTS) is 1. The number of nitrogens with one attached hydrogen (secondary N) is 3. The minimum Gasteiger partial charge on any atom is -0.508 e. The van der Waals surface area contributed by atoms with Gasteiger partial charge in [0.05, 0.1) is 6.04 Å². The van der Waals surface area contributed by atoms with Crippen molar-refractivity contribution in [3.63, 3.8) is 0 Å². The van der Waals surface area contributed by atoms with Crippen molar-refractivity contribution in [2.45, 2.75) is 71.1 Å². The van der Waals surface area contributed by atoms with Crippen LogP contribution < -0.4 is 21.7 Å². The van der Waals surface area contributed by atoms with Gasteiger partial charge in [-0.2, -0.15) is 12.6 Å². The topological polar surface area (TPSA) is 171 Å². The zero-order chi connectivity index (χ0) is 26.7. The fraction of sp³-hybridized carbons (Fsp3) is 0.583. The van der Waals surface area contributed by atoms with Gasteiger partial charge in [0.25, 0.3) is 0 Å². The lowest BCUT2D eigenvalue weighted by Gasteiger charge is -2.26. The minimum atomic E-state index is -1.17. The van der Waals surface area contributed by atoms with Gasteiger partial charge in [-0.3, -0.25) is 14.4 Å². The molecule has 0 saturated heterocycles. The number of nitrogens with two attached hydrogens (primary N) is 1. The number of hydrogen-bond acceptors (Lipinski definition) is 7. The van der Waals surface area contributed by atoms with E-state index in [0.717, 1.165) is 0 Å². The number of hydrogen-bond donors (Lipinski definition) is 7. The van der Waals surface area contributed by atoms with E-state index in [2.05, 4.69) is 28.6 Å². The molecular weight excluding hydrogens is 472 g/mol. The standard InChI is InChI=1S/C24H38N4O6S/c1-5-14(4)20(25)23(32)26-17(11-15-6-8-16(29)9-7-15)21(30)28-19(12-35)22(31)27-18(24(33)34)10-13(2)3/h6-9,13-14,17-20,29,35H,5,10-12,25H2,1-4H3,(H,26,32)(H,27,31)(H,28,30)(H,33,34). The maximum absolute atomic E-state index is 13.1. The number of phenolic OH excluding ortho intramolecular Hbond substituents is 1. The Hall–Kier alpha value is -2.79. The first-order chi connectivity index (χ1) is 16.4. The van der Waals surface area contributed by atoms with Crippen LogP contribution >= 0.6 is 12.6 Å². The highest BCUT2D eigenvalue weighted by Crippen LogP contribution is 2.13. The Labute approximate surface area is 211 Å². The molecule has 196 valence electrons. The summed E-state index contributed by atoms with van der Waals surface area (Å²) in [6.45, 7) is 7.40. The van der Waals surface area contributed by atoms with Crippen LogP contribution in [0.25, 0.3) is 0 Å². The molecule has 0 aromatic heterocycles. The number of carbonyl (C=O) groups excluding carboxylic acids is 3. The molecule has 1 aromatic rings. The Morgan fingerprint density at radius 2 is 1.43 bits per heavy atom. The molecule has 0 aliphatic carbocycles. The second-order valence-corrected chi connectivity index (χ2v) is 9.48. The molecule has 10 nitrogen and oxygen atoms in total. The summed E-state index contributed by atoms with van der Waals surface area (Å²) in [7, 11) is 0. The first kappa shape index (κ1) is 30.2. The summed E-state index contributed by atoms with van der Waals surface area (Å²) in [5.74, 6) is -3.13. The molecule has 0 aliphatic rings. The molecule has 0 saturated carbocycles. The number of carbonyl (C=O) groups is 4. The summed E-state index contributed by atoms with van der Waals surface area (Å²) in [6, 6.07) is 2.02. The van der Waals surface area contributed by atoms with Crippen molar-refractivity contribution in [1.82, 2.24) is 16.0 Å². The van der Waals surface area contributed by atoms with Gasteiger partial charge in [-0.05, 0) is 36.0 Å². The quantitative estimate of drug-likeness (QED) is 0.182. The van der Waals surface area contributed by atoms with Gasteiger partial charge in [-0.1, -0.05) is 46.2 Å². The number of benzene rings is 1. The predicted octanol–water partition coefficient (Wildman–Crippen LogP) is 0.823. The maximum atomic E-state index is 13.1. The van der Waals surface area contributed by atoms with Crippen LogP contribution in [-0.4, -0.2) is 63.8 Å². The van der Waals surface area contributed by atoms with E-state index in [1.807, 2.05) is 27.7 Å². The van der Waals surface area contributed by atoms with Gasteiger partial charge in [0.1, 0.15) is 23.9 Å². The highest BCUT2D eigenvalue weighted by molar-refractivity contribution is 7.80. The average molecular weight is 511 g/mol. The van der Waals surface area contributed by atoms with Crippen molar-refractivity contribution in [3.05, 3.63) is 29.8 Å². The number of rotatable bonds is 14. The normalized spacial score (nSPS) is 15.4. The summed E-state index contributed by atoms with van der Waals surface area (Å²) >= 11 is 4.14. The number of carboxylic acids is 1. The Balaban J connectivity index is 3.04. The molecule has 0 radical (unpaired) electrons. The van der Waals surface area contributed by atoms with E-state index in [-0.39, 0.29) is 36.2 Å². The molecule has 1 rings (SSSR count). The van der Waals surface area contributed by atoms with Gasteiger partial charge in [0.15, 0.2) is 0 Å². The van der Waals surface area contributed by atoms with Crippen LogP contribution in [0.4, 0.5) is 0 Å². The second-order valence-electron chi connectivity index (χ2n) is 9.12. The maximum Gasteiger partial charge on any atom is 0.326 e. The lowest BCUT2D eigenvalue weighted by Crippen LogP contribution is -2.58. The highest BCUT2D eigenvalue weighted by Gasteiger charge is 2.31. The van der Waals surface area contributed by atoms with Crippen molar-refractivity contribution in [1.29, 1.82) is 0 Å². The van der Waals surface area contributed by atoms with E-state index in [9.17, 15) is 29.4 Å². The van der Waals surface area contributed by atoms with E-state index in [0.29, 0.717) is 12.0 Å². The van der Waals surface area contributed by atoms with E-state index in [1.54, 1.807) is 12.1 Å². The Morgan fingerprint density at radius 3 is 1.91 bits per heavy atom. The summed E-state index contributed by atoms with van der Waals surface area (Å²) in [5.41, 5.74) is 6.68. The molecule has 0 bridgehead atoms. The number of thiol groups is 1. The molecule has 0 heterocycles. The summed E-state index contributed by atoms with van der Waals surface area (Å²) in [6.07, 6.45) is 0.977. The molecule has 11 heteroatoms. The van der Waals surface area contributed by atoms with Crippen LogP contribution in [0.2, 0.25) is 0 Å². The van der Waals surface area contributed by atoms with Crippen LogP contribution in [0.1, 0.15) is 46.1 Å². The molecule has 0 spiro atoms. The average Bonchev–Trinajstić information content (AvgIpc) is 2.81. The zero-order valence-corrected chi connectivity index (χ0v) is 21.5. The van der Waals surface area contributed by atoms with Crippen LogP contribution in [0.3, 0.4) is 0 Å². The van der Waals surface area contributed by atoms with E-state index >= 15 is 0 Å². The predicted molar refractivity (Wildman–Crippen MR) is 136 cm³/mol. The summed E-state index contributed by atoms with van der Waals surface area (Å²) in [5, 5.41) is 26.6. The van der Waals surface area contributed by atoms with Crippen molar-refractivity contribution in [2.75, 3.05) is 5.75 Å². The number of phenols is 1. The molecule has 7 N–H and O–H groups in total. The first-order valence-electron chi connectivity index (χ1n) is 11.7. The van der Waals surface area contributed by atoms with Gasteiger partial charge in [0, 0.05) is 12.2 Å². The molecular formula is C24H38N4O6S. The summed E-state index contributed by atoms with van der Waals surface area (Å²) in [4.78, 5) is 50.1. The Bertz CT molecular complexity index is 864. The number of aliphatic carboxylic acids is 1. The van der Waals surface area contributed by atoms with E-state index in [1.165, 1.54) is 12.1 Å². The third-order valence-electron chi connectivity index (χ3n) is 5.71. The molecule has 35 heavy (non-hydrogen) atoms. The van der Waals surface area contributed by atoms with Crippen molar-refractivity contribution < 1.29 is 29.4 Å². The van der Waals surface area contributed by atoms with E-state index in [4.69, 9.17) is 5.73 Å². The highest BCUT2D eigenvalue weighted by atomic mass is 32.1. The Morgan fingerprint density at radius 1 is 0.914 bits per heavy atom. The van der Waals surface area contributed by atoms with E-state index < -0.39 is 47.9 Å². The van der Waals surface area contributed by atoms with Crippen LogP contribution in [0, 0.1) is 11.8 Å². The zero-order valence-electron chi connectivity index (χ0n) is 20.7. The molecule has 5 atom stereocenters. The summed E-state index contributed by atoms with van der Waals surface area (Å²) < 4.78 is 0. The molecule has 3 amide bonds. The van der Waals surface area contributed by atoms with Gasteiger partial charge < -0.3 is 31.9 Å². The molecule has 5 unspecified atom stereocenters. The van der Waals surface area contributed by atoms with Gasteiger partial charge in [-0.15, -0.1) is 0 Å². The monoisotopic (exact) mass is 510 g/mol. The Kier molecular flexibility index (Phi) is 12.6. The number of amides is 3. The third kappa shape index (κ3) is 10.2. The second kappa shape index (κ2) is 14.6. The number of aromatic hydroxyl groups is 1. The smallest absolute Gasteiger partial charge is 0.326 e. The molecule has 0 aliphatic heterocycles. The third-order valence-corrected chi connectivity index (χ3v) is 6.07. The van der Waals surface area contributed by atoms with Crippen LogP contribution in [0.15, 0.2) is 24.3 Å². The van der Waals surface area contributed by atoms with Gasteiger partial charge in [-0.25, -0.2) is 4.79 Å². The van der Waals surface area contributed by atoms with Crippen LogP contribution in [-0.2, 0) is 25.6 Å². The molecule has 1 aromatic carbocycles. The van der Waals surface area contributed by atoms with Crippen LogP contribution in [0.5, 0.6) is 5.75 Å². The molecule has 0 fully saturated rings.